The molecule has 1 amide bonds. The van der Waals surface area contributed by atoms with Gasteiger partial charge >= 0.3 is 0 Å². The van der Waals surface area contributed by atoms with E-state index in [0.717, 1.165) is 16.3 Å². The number of halogens is 1. The molecular weight excluding hydrogens is 354 g/mol. The predicted molar refractivity (Wildman–Crippen MR) is 105 cm³/mol. The lowest BCUT2D eigenvalue weighted by atomic mass is 10.1. The SMILES string of the molecule is CCN(C(=O)c1cccc(NCc2cnc(Cl)s2)c1)c1ccccc1. The molecule has 0 bridgehead atoms. The zero-order valence-electron chi connectivity index (χ0n) is 13.8. The zero-order valence-corrected chi connectivity index (χ0v) is 15.3. The third-order valence-corrected chi connectivity index (χ3v) is 4.85. The smallest absolute Gasteiger partial charge is 0.258 e. The van der Waals surface area contributed by atoms with E-state index in [0.29, 0.717) is 23.1 Å². The normalized spacial score (nSPS) is 10.5. The largest absolute Gasteiger partial charge is 0.380 e. The summed E-state index contributed by atoms with van der Waals surface area (Å²) >= 11 is 7.29. The summed E-state index contributed by atoms with van der Waals surface area (Å²) in [5.74, 6) is -0.0156. The number of para-hydroxylation sites is 1. The summed E-state index contributed by atoms with van der Waals surface area (Å²) in [6.45, 7) is 3.21. The second kappa shape index (κ2) is 8.14. The monoisotopic (exact) mass is 371 g/mol. The number of thiazole rings is 1. The van der Waals surface area contributed by atoms with E-state index in [2.05, 4.69) is 10.3 Å². The fourth-order valence-corrected chi connectivity index (χ4v) is 3.44. The third kappa shape index (κ3) is 4.38. The minimum absolute atomic E-state index is 0.0156. The number of benzene rings is 2. The first-order valence-corrected chi connectivity index (χ1v) is 9.18. The first-order chi connectivity index (χ1) is 12.2. The Morgan fingerprint density at radius 1 is 1.20 bits per heavy atom. The van der Waals surface area contributed by atoms with Crippen LogP contribution < -0.4 is 10.2 Å². The first kappa shape index (κ1) is 17.5. The molecule has 1 aromatic heterocycles. The highest BCUT2D eigenvalue weighted by molar-refractivity contribution is 7.15. The zero-order chi connectivity index (χ0) is 17.6. The average molecular weight is 372 g/mol. The molecule has 0 saturated heterocycles. The standard InChI is InChI=1S/C19H18ClN3OS/c1-2-23(16-9-4-3-5-10-16)18(24)14-7-6-8-15(11-14)21-12-17-13-22-19(20)25-17/h3-11,13,21H,2,12H2,1H3. The number of aromatic nitrogens is 1. The summed E-state index contributed by atoms with van der Waals surface area (Å²) < 4.78 is 0.530. The molecule has 128 valence electrons. The highest BCUT2D eigenvalue weighted by Gasteiger charge is 2.16. The molecule has 0 aliphatic carbocycles. The number of amides is 1. The molecule has 0 saturated carbocycles. The van der Waals surface area contributed by atoms with Crippen molar-refractivity contribution < 1.29 is 4.79 Å². The Bertz CT molecular complexity index is 851. The first-order valence-electron chi connectivity index (χ1n) is 7.98. The van der Waals surface area contributed by atoms with Gasteiger partial charge in [-0.3, -0.25) is 4.79 Å². The minimum Gasteiger partial charge on any atom is -0.380 e. The van der Waals surface area contributed by atoms with E-state index < -0.39 is 0 Å². The molecule has 6 heteroatoms. The van der Waals surface area contributed by atoms with Gasteiger partial charge in [-0.15, -0.1) is 11.3 Å². The van der Waals surface area contributed by atoms with Gasteiger partial charge in [0, 0.05) is 34.6 Å². The molecule has 0 spiro atoms. The molecule has 0 unspecified atom stereocenters. The van der Waals surface area contributed by atoms with Crippen LogP contribution in [0.1, 0.15) is 22.2 Å². The molecule has 0 radical (unpaired) electrons. The molecule has 3 aromatic rings. The van der Waals surface area contributed by atoms with Gasteiger partial charge in [-0.25, -0.2) is 4.98 Å². The number of carbonyl (C=O) groups is 1. The topological polar surface area (TPSA) is 45.2 Å². The van der Waals surface area contributed by atoms with Gasteiger partial charge in [-0.1, -0.05) is 35.9 Å². The number of anilines is 2. The van der Waals surface area contributed by atoms with Crippen molar-refractivity contribution in [2.24, 2.45) is 0 Å². The molecule has 1 heterocycles. The van der Waals surface area contributed by atoms with Crippen molar-refractivity contribution in [3.63, 3.8) is 0 Å². The van der Waals surface area contributed by atoms with E-state index >= 15 is 0 Å². The predicted octanol–water partition coefficient (Wildman–Crippen LogP) is 5.08. The van der Waals surface area contributed by atoms with Crippen LogP contribution in [0.3, 0.4) is 0 Å². The van der Waals surface area contributed by atoms with E-state index in [-0.39, 0.29) is 5.91 Å². The van der Waals surface area contributed by atoms with Gasteiger partial charge in [-0.05, 0) is 37.3 Å². The Hall–Kier alpha value is -2.37. The van der Waals surface area contributed by atoms with Crippen LogP contribution in [-0.4, -0.2) is 17.4 Å². The summed E-state index contributed by atoms with van der Waals surface area (Å²) in [5, 5.41) is 3.31. The Labute approximate surface area is 156 Å². The van der Waals surface area contributed by atoms with E-state index in [4.69, 9.17) is 11.6 Å². The Morgan fingerprint density at radius 2 is 2.00 bits per heavy atom. The number of nitrogens with one attached hydrogen (secondary N) is 1. The van der Waals surface area contributed by atoms with Crippen LogP contribution in [0.25, 0.3) is 0 Å². The second-order valence-corrected chi connectivity index (χ2v) is 7.10. The molecular formula is C19H18ClN3OS. The van der Waals surface area contributed by atoms with Crippen LogP contribution in [-0.2, 0) is 6.54 Å². The highest BCUT2D eigenvalue weighted by Crippen LogP contribution is 2.21. The van der Waals surface area contributed by atoms with Gasteiger partial charge in [0.25, 0.3) is 5.91 Å². The lowest BCUT2D eigenvalue weighted by Crippen LogP contribution is -2.30. The van der Waals surface area contributed by atoms with Crippen LogP contribution in [0.4, 0.5) is 11.4 Å². The molecule has 3 rings (SSSR count). The average Bonchev–Trinajstić information content (AvgIpc) is 3.07. The summed E-state index contributed by atoms with van der Waals surface area (Å²) in [6.07, 6.45) is 1.75. The van der Waals surface area contributed by atoms with Crippen molar-refractivity contribution in [2.75, 3.05) is 16.8 Å². The van der Waals surface area contributed by atoms with Crippen LogP contribution in [0.15, 0.2) is 60.8 Å². The van der Waals surface area contributed by atoms with Gasteiger partial charge in [-0.2, -0.15) is 0 Å². The van der Waals surface area contributed by atoms with Gasteiger partial charge in [0.05, 0.1) is 6.54 Å². The lowest BCUT2D eigenvalue weighted by Gasteiger charge is -2.21. The van der Waals surface area contributed by atoms with Gasteiger partial charge in [0.1, 0.15) is 0 Å². The number of carbonyl (C=O) groups excluding carboxylic acids is 1. The maximum absolute atomic E-state index is 12.9. The van der Waals surface area contributed by atoms with Crippen molar-refractivity contribution in [3.8, 4) is 0 Å². The van der Waals surface area contributed by atoms with Crippen molar-refractivity contribution in [3.05, 3.63) is 75.7 Å². The maximum Gasteiger partial charge on any atom is 0.258 e. The number of hydrogen-bond acceptors (Lipinski definition) is 4. The van der Waals surface area contributed by atoms with Crippen LogP contribution in [0.5, 0.6) is 0 Å². The summed E-state index contributed by atoms with van der Waals surface area (Å²) in [4.78, 5) is 19.7. The molecule has 1 N–H and O–H groups in total. The Kier molecular flexibility index (Phi) is 5.68. The minimum atomic E-state index is -0.0156. The highest BCUT2D eigenvalue weighted by atomic mass is 35.5. The summed E-state index contributed by atoms with van der Waals surface area (Å²) in [5.41, 5.74) is 2.44. The van der Waals surface area contributed by atoms with E-state index in [9.17, 15) is 4.79 Å². The third-order valence-electron chi connectivity index (χ3n) is 3.73. The molecule has 0 aliphatic rings. The Morgan fingerprint density at radius 3 is 2.68 bits per heavy atom. The van der Waals surface area contributed by atoms with Gasteiger partial charge < -0.3 is 10.2 Å². The van der Waals surface area contributed by atoms with Gasteiger partial charge in [0.2, 0.25) is 0 Å². The van der Waals surface area contributed by atoms with Crippen molar-refractivity contribution in [1.82, 2.24) is 4.98 Å². The molecule has 0 aliphatic heterocycles. The number of rotatable bonds is 6. The summed E-state index contributed by atoms with van der Waals surface area (Å²) in [6, 6.07) is 17.2. The number of nitrogens with zero attached hydrogens (tertiary/aromatic N) is 2. The molecule has 0 atom stereocenters. The fourth-order valence-electron chi connectivity index (χ4n) is 2.52. The molecule has 25 heavy (non-hydrogen) atoms. The van der Waals surface area contributed by atoms with Crippen LogP contribution in [0.2, 0.25) is 4.47 Å². The molecule has 2 aromatic carbocycles. The van der Waals surface area contributed by atoms with E-state index in [1.807, 2.05) is 61.5 Å². The van der Waals surface area contributed by atoms with Crippen LogP contribution >= 0.6 is 22.9 Å². The van der Waals surface area contributed by atoms with Crippen molar-refractivity contribution in [2.45, 2.75) is 13.5 Å². The molecule has 0 fully saturated rings. The lowest BCUT2D eigenvalue weighted by molar-refractivity contribution is 0.0988. The number of hydrogen-bond donors (Lipinski definition) is 1. The summed E-state index contributed by atoms with van der Waals surface area (Å²) in [7, 11) is 0. The van der Waals surface area contributed by atoms with Crippen molar-refractivity contribution >= 4 is 40.2 Å². The van der Waals surface area contributed by atoms with Gasteiger partial charge in [0.15, 0.2) is 4.47 Å². The quantitative estimate of drug-likeness (QED) is 0.657. The fraction of sp³-hybridized carbons (Fsp3) is 0.158. The van der Waals surface area contributed by atoms with Crippen LogP contribution in [0, 0.1) is 0 Å². The van der Waals surface area contributed by atoms with Crippen molar-refractivity contribution in [1.29, 1.82) is 0 Å². The van der Waals surface area contributed by atoms with E-state index in [1.165, 1.54) is 11.3 Å². The maximum atomic E-state index is 12.9. The Balaban J connectivity index is 1.74. The second-order valence-electron chi connectivity index (χ2n) is 5.40. The van der Waals surface area contributed by atoms with E-state index in [1.54, 1.807) is 11.1 Å². The molecule has 4 nitrogen and oxygen atoms in total.